The summed E-state index contributed by atoms with van der Waals surface area (Å²) < 4.78 is 5.06. The quantitative estimate of drug-likeness (QED) is 0.457. The zero-order valence-electron chi connectivity index (χ0n) is 16.8. The van der Waals surface area contributed by atoms with E-state index in [0.717, 1.165) is 16.1 Å². The van der Waals surface area contributed by atoms with Gasteiger partial charge in [-0.2, -0.15) is 4.80 Å². The van der Waals surface area contributed by atoms with Crippen molar-refractivity contribution in [2.75, 3.05) is 0 Å². The minimum Gasteiger partial charge on any atom is -0.481 e. The summed E-state index contributed by atoms with van der Waals surface area (Å²) in [5.74, 6) is -1.48. The van der Waals surface area contributed by atoms with E-state index in [1.54, 1.807) is 42.6 Å². The van der Waals surface area contributed by atoms with E-state index in [1.165, 1.54) is 0 Å². The standard InChI is InChI=1S/C20H20N6O5.ClH/c27-17(12-26-24-18(23-25-26)10-15-8-4-5-9-21-15)16(11-19(28)29)22-20(30)31-13-14-6-2-1-3-7-14;/h1-9,16H,10-13H2,(H,22,30)(H,28,29);1H. The maximum atomic E-state index is 12.6. The average molecular weight is 461 g/mol. The van der Waals surface area contributed by atoms with Gasteiger partial charge in [-0.3, -0.25) is 14.6 Å². The Bertz CT molecular complexity index is 1030. The third-order valence-electron chi connectivity index (χ3n) is 4.13. The molecule has 0 aliphatic carbocycles. The van der Waals surface area contributed by atoms with E-state index in [1.807, 2.05) is 12.1 Å². The number of aliphatic carboxylic acids is 1. The highest BCUT2D eigenvalue weighted by atomic mass is 35.5. The fourth-order valence-corrected chi connectivity index (χ4v) is 2.66. The largest absolute Gasteiger partial charge is 0.481 e. The number of alkyl carbamates (subject to hydrolysis) is 1. The molecule has 0 bridgehead atoms. The van der Waals surface area contributed by atoms with E-state index < -0.39 is 30.3 Å². The van der Waals surface area contributed by atoms with Crippen molar-refractivity contribution in [3.05, 3.63) is 71.8 Å². The Balaban J connectivity index is 0.00000363. The number of nitrogens with one attached hydrogen (secondary N) is 1. The molecule has 0 saturated heterocycles. The summed E-state index contributed by atoms with van der Waals surface area (Å²) in [5, 5.41) is 23.2. The highest BCUT2D eigenvalue weighted by Crippen LogP contribution is 2.04. The molecule has 0 fully saturated rings. The van der Waals surface area contributed by atoms with Gasteiger partial charge in [0.1, 0.15) is 19.2 Å². The van der Waals surface area contributed by atoms with Crippen molar-refractivity contribution in [2.24, 2.45) is 0 Å². The van der Waals surface area contributed by atoms with Crippen molar-refractivity contribution < 1.29 is 24.2 Å². The number of carboxylic acid groups (broad SMARTS) is 1. The molecule has 1 amide bonds. The van der Waals surface area contributed by atoms with Crippen LogP contribution < -0.4 is 5.32 Å². The van der Waals surface area contributed by atoms with Crippen LogP contribution in [0.1, 0.15) is 23.5 Å². The Morgan fingerprint density at radius 3 is 2.53 bits per heavy atom. The fourth-order valence-electron chi connectivity index (χ4n) is 2.66. The first-order valence-corrected chi connectivity index (χ1v) is 9.38. The lowest BCUT2D eigenvalue weighted by Crippen LogP contribution is -2.44. The molecule has 11 nitrogen and oxygen atoms in total. The number of rotatable bonds is 10. The number of nitrogens with zero attached hydrogens (tertiary/aromatic N) is 5. The van der Waals surface area contributed by atoms with Crippen LogP contribution in [0.2, 0.25) is 0 Å². The Kier molecular flexibility index (Phi) is 9.23. The van der Waals surface area contributed by atoms with E-state index in [4.69, 9.17) is 9.84 Å². The monoisotopic (exact) mass is 460 g/mol. The van der Waals surface area contributed by atoms with Crippen molar-refractivity contribution in [3.63, 3.8) is 0 Å². The van der Waals surface area contributed by atoms with Crippen LogP contribution in [-0.4, -0.2) is 54.2 Å². The topological polar surface area (TPSA) is 149 Å². The molecular weight excluding hydrogens is 440 g/mol. The van der Waals surface area contributed by atoms with Crippen molar-refractivity contribution in [2.45, 2.75) is 32.0 Å². The summed E-state index contributed by atoms with van der Waals surface area (Å²) in [6, 6.07) is 13.1. The summed E-state index contributed by atoms with van der Waals surface area (Å²) >= 11 is 0. The molecule has 1 aromatic carbocycles. The number of tetrazole rings is 1. The number of ether oxygens (including phenoxy) is 1. The van der Waals surface area contributed by atoms with Gasteiger partial charge in [0, 0.05) is 11.9 Å². The van der Waals surface area contributed by atoms with E-state index in [0.29, 0.717) is 12.2 Å². The van der Waals surface area contributed by atoms with Crippen molar-refractivity contribution in [3.8, 4) is 0 Å². The maximum absolute atomic E-state index is 12.6. The minimum atomic E-state index is -1.30. The fraction of sp³-hybridized carbons (Fsp3) is 0.250. The third-order valence-corrected chi connectivity index (χ3v) is 4.13. The molecule has 32 heavy (non-hydrogen) atoms. The second-order valence-corrected chi connectivity index (χ2v) is 6.56. The number of carbonyl (C=O) groups is 3. The molecule has 1 atom stereocenters. The number of pyridine rings is 1. The zero-order valence-corrected chi connectivity index (χ0v) is 17.6. The molecule has 168 valence electrons. The summed E-state index contributed by atoms with van der Waals surface area (Å²) in [4.78, 5) is 40.9. The van der Waals surface area contributed by atoms with Crippen LogP contribution in [0.3, 0.4) is 0 Å². The first-order valence-electron chi connectivity index (χ1n) is 9.38. The molecule has 2 N–H and O–H groups in total. The van der Waals surface area contributed by atoms with Crippen LogP contribution in [0.4, 0.5) is 4.79 Å². The normalized spacial score (nSPS) is 11.1. The van der Waals surface area contributed by atoms with Crippen molar-refractivity contribution in [1.82, 2.24) is 30.5 Å². The third kappa shape index (κ3) is 7.76. The van der Waals surface area contributed by atoms with E-state index in [9.17, 15) is 14.4 Å². The van der Waals surface area contributed by atoms with Crippen LogP contribution in [0.5, 0.6) is 0 Å². The Labute approximate surface area is 189 Å². The van der Waals surface area contributed by atoms with Gasteiger partial charge in [0.15, 0.2) is 11.6 Å². The second-order valence-electron chi connectivity index (χ2n) is 6.56. The van der Waals surface area contributed by atoms with Gasteiger partial charge in [0.05, 0.1) is 12.8 Å². The van der Waals surface area contributed by atoms with Crippen molar-refractivity contribution in [1.29, 1.82) is 0 Å². The summed E-state index contributed by atoms with van der Waals surface area (Å²) in [7, 11) is 0. The highest BCUT2D eigenvalue weighted by molar-refractivity contribution is 5.90. The lowest BCUT2D eigenvalue weighted by Gasteiger charge is -2.15. The number of aromatic nitrogens is 5. The summed E-state index contributed by atoms with van der Waals surface area (Å²) in [6.07, 6.45) is 0.472. The molecule has 2 heterocycles. The lowest BCUT2D eigenvalue weighted by molar-refractivity contribution is -0.139. The molecule has 1 unspecified atom stereocenters. The molecule has 2 aromatic heterocycles. The van der Waals surface area contributed by atoms with Crippen LogP contribution in [0.25, 0.3) is 0 Å². The van der Waals surface area contributed by atoms with E-state index >= 15 is 0 Å². The molecule has 3 rings (SSSR count). The van der Waals surface area contributed by atoms with Gasteiger partial charge >= 0.3 is 12.1 Å². The number of amides is 1. The molecule has 0 saturated carbocycles. The SMILES string of the molecule is Cl.O=C(O)CC(NC(=O)OCc1ccccc1)C(=O)Cn1nnc(Cc2ccccn2)n1. The average Bonchev–Trinajstić information content (AvgIpc) is 3.19. The Hall–Kier alpha value is -3.86. The Morgan fingerprint density at radius 2 is 1.84 bits per heavy atom. The summed E-state index contributed by atoms with van der Waals surface area (Å²) in [5.41, 5.74) is 1.49. The summed E-state index contributed by atoms with van der Waals surface area (Å²) in [6.45, 7) is -0.367. The van der Waals surface area contributed by atoms with Crippen molar-refractivity contribution >= 4 is 30.3 Å². The number of Topliss-reactive ketones (excluding diaryl/α,β-unsaturated/α-hetero) is 1. The van der Waals surface area contributed by atoms with Crippen LogP contribution in [-0.2, 0) is 33.9 Å². The van der Waals surface area contributed by atoms with Gasteiger partial charge in [-0.15, -0.1) is 22.6 Å². The molecule has 3 aromatic rings. The molecule has 0 spiro atoms. The van der Waals surface area contributed by atoms with Gasteiger partial charge in [-0.05, 0) is 22.9 Å². The Morgan fingerprint density at radius 1 is 1.09 bits per heavy atom. The van der Waals surface area contributed by atoms with Crippen LogP contribution >= 0.6 is 12.4 Å². The number of carboxylic acids is 1. The molecule has 0 radical (unpaired) electrons. The second kappa shape index (κ2) is 12.1. The number of hydrogen-bond donors (Lipinski definition) is 2. The van der Waals surface area contributed by atoms with Gasteiger partial charge in [-0.25, -0.2) is 4.79 Å². The number of hydrogen-bond acceptors (Lipinski definition) is 8. The zero-order chi connectivity index (χ0) is 22.1. The number of benzene rings is 1. The van der Waals surface area contributed by atoms with Gasteiger partial charge in [-0.1, -0.05) is 36.4 Å². The predicted octanol–water partition coefficient (Wildman–Crippen LogP) is 1.42. The lowest BCUT2D eigenvalue weighted by atomic mass is 10.1. The van der Waals surface area contributed by atoms with Gasteiger partial charge in [0.2, 0.25) is 0 Å². The first kappa shape index (κ1) is 24.4. The maximum Gasteiger partial charge on any atom is 0.408 e. The van der Waals surface area contributed by atoms with Gasteiger partial charge < -0.3 is 15.2 Å². The number of carbonyl (C=O) groups excluding carboxylic acids is 2. The highest BCUT2D eigenvalue weighted by Gasteiger charge is 2.25. The molecule has 0 aliphatic rings. The van der Waals surface area contributed by atoms with Crippen LogP contribution in [0, 0.1) is 0 Å². The van der Waals surface area contributed by atoms with Gasteiger partial charge in [0.25, 0.3) is 0 Å². The predicted molar refractivity (Wildman–Crippen MR) is 113 cm³/mol. The van der Waals surface area contributed by atoms with Crippen LogP contribution in [0.15, 0.2) is 54.7 Å². The number of halogens is 1. The first-order chi connectivity index (χ1) is 15.0. The van der Waals surface area contributed by atoms with E-state index in [2.05, 4.69) is 25.7 Å². The molecular formula is C20H21ClN6O5. The number of ketones is 1. The smallest absolute Gasteiger partial charge is 0.408 e. The molecule has 12 heteroatoms. The molecule has 0 aliphatic heterocycles. The minimum absolute atomic E-state index is 0. The van der Waals surface area contributed by atoms with E-state index in [-0.39, 0.29) is 25.6 Å².